The highest BCUT2D eigenvalue weighted by atomic mass is 16.2. The summed E-state index contributed by atoms with van der Waals surface area (Å²) in [6.07, 6.45) is 5.83. The van der Waals surface area contributed by atoms with Crippen LogP contribution in [-0.4, -0.2) is 52.9 Å². The van der Waals surface area contributed by atoms with Crippen molar-refractivity contribution in [3.05, 3.63) is 41.3 Å². The number of hydrogen-bond donors (Lipinski definition) is 4. The molecule has 30 heavy (non-hydrogen) atoms. The molecule has 6 N–H and O–H groups in total. The summed E-state index contributed by atoms with van der Waals surface area (Å²) in [5.41, 5.74) is 14.1. The summed E-state index contributed by atoms with van der Waals surface area (Å²) in [5.74, 6) is -0.283. The van der Waals surface area contributed by atoms with Gasteiger partial charge in [0.1, 0.15) is 5.82 Å². The quantitative estimate of drug-likeness (QED) is 0.570. The van der Waals surface area contributed by atoms with Crippen LogP contribution in [-0.2, 0) is 0 Å². The van der Waals surface area contributed by atoms with Gasteiger partial charge < -0.3 is 27.0 Å². The average Bonchev–Trinajstić information content (AvgIpc) is 2.69. The minimum atomic E-state index is -0.644. The number of nitrogens with two attached hydrogens (primary N) is 2. The van der Waals surface area contributed by atoms with E-state index in [4.69, 9.17) is 11.5 Å². The summed E-state index contributed by atoms with van der Waals surface area (Å²) >= 11 is 0. The summed E-state index contributed by atoms with van der Waals surface area (Å²) in [7, 11) is 3.38. The Hall–Kier alpha value is -3.20. The lowest BCUT2D eigenvalue weighted by Crippen LogP contribution is -2.42. The van der Waals surface area contributed by atoms with Crippen molar-refractivity contribution in [1.82, 2.24) is 14.9 Å². The predicted molar refractivity (Wildman–Crippen MR) is 117 cm³/mol. The summed E-state index contributed by atoms with van der Waals surface area (Å²) in [6, 6.07) is 5.41. The molecule has 1 aliphatic rings. The first-order valence-electron chi connectivity index (χ1n) is 10.0. The zero-order valence-corrected chi connectivity index (χ0v) is 17.6. The van der Waals surface area contributed by atoms with Crippen molar-refractivity contribution in [2.24, 2.45) is 11.5 Å². The molecule has 0 aromatic carbocycles. The Morgan fingerprint density at radius 2 is 1.93 bits per heavy atom. The van der Waals surface area contributed by atoms with Gasteiger partial charge in [-0.15, -0.1) is 0 Å². The highest BCUT2D eigenvalue weighted by molar-refractivity contribution is 5.98. The molecule has 0 spiro atoms. The lowest BCUT2D eigenvalue weighted by molar-refractivity contribution is 0.0826. The average molecular weight is 412 g/mol. The molecule has 160 valence electrons. The predicted octanol–water partition coefficient (Wildman–Crippen LogP) is 2.01. The number of nitrogens with zero attached hydrogens (tertiary/aromatic N) is 3. The number of anilines is 3. The maximum Gasteiger partial charge on any atom is 0.269 e. The van der Waals surface area contributed by atoms with Crippen LogP contribution < -0.4 is 22.1 Å². The number of aromatic nitrogens is 2. The van der Waals surface area contributed by atoms with Crippen LogP contribution in [0.4, 0.5) is 17.2 Å². The molecule has 9 nitrogen and oxygen atoms in total. The van der Waals surface area contributed by atoms with Gasteiger partial charge in [-0.05, 0) is 38.0 Å². The Labute approximate surface area is 176 Å². The molecule has 2 unspecified atom stereocenters. The van der Waals surface area contributed by atoms with Gasteiger partial charge in [0.15, 0.2) is 5.69 Å². The summed E-state index contributed by atoms with van der Waals surface area (Å²) in [6.45, 7) is 1.76. The Bertz CT molecular complexity index is 945. The van der Waals surface area contributed by atoms with Crippen molar-refractivity contribution in [3.8, 4) is 0 Å². The molecular weight excluding hydrogens is 382 g/mol. The lowest BCUT2D eigenvalue weighted by atomic mass is 9.91. The molecule has 0 bridgehead atoms. The second-order valence-corrected chi connectivity index (χ2v) is 7.84. The lowest BCUT2D eigenvalue weighted by Gasteiger charge is -2.30. The summed E-state index contributed by atoms with van der Waals surface area (Å²) < 4.78 is 0. The maximum atomic E-state index is 12.2. The van der Waals surface area contributed by atoms with Crippen LogP contribution in [0.25, 0.3) is 0 Å². The van der Waals surface area contributed by atoms with Crippen molar-refractivity contribution >= 4 is 29.0 Å². The first kappa shape index (κ1) is 21.5. The van der Waals surface area contributed by atoms with E-state index < -0.39 is 5.91 Å². The number of hydrogen-bond acceptors (Lipinski definition) is 7. The van der Waals surface area contributed by atoms with Crippen LogP contribution in [0.15, 0.2) is 24.4 Å². The molecule has 2 aromatic heterocycles. The first-order valence-corrected chi connectivity index (χ1v) is 10.0. The van der Waals surface area contributed by atoms with E-state index in [1.165, 1.54) is 4.90 Å². The molecule has 2 aromatic rings. The third kappa shape index (κ3) is 4.85. The van der Waals surface area contributed by atoms with Crippen molar-refractivity contribution in [1.29, 1.82) is 0 Å². The normalized spacial score (nSPS) is 18.5. The number of carbonyl (C=O) groups is 2. The summed E-state index contributed by atoms with van der Waals surface area (Å²) in [5, 5.41) is 6.53. The monoisotopic (exact) mass is 411 g/mol. The highest BCUT2D eigenvalue weighted by Crippen LogP contribution is 2.26. The topological polar surface area (TPSA) is 139 Å². The molecule has 2 amide bonds. The molecular formula is C21H29N7O2. The van der Waals surface area contributed by atoms with Crippen LogP contribution in [0, 0.1) is 6.92 Å². The van der Waals surface area contributed by atoms with E-state index in [0.717, 1.165) is 31.4 Å². The minimum Gasteiger partial charge on any atom is -0.379 e. The van der Waals surface area contributed by atoms with Gasteiger partial charge in [-0.2, -0.15) is 0 Å². The van der Waals surface area contributed by atoms with E-state index in [1.807, 2.05) is 0 Å². The zero-order chi connectivity index (χ0) is 21.8. The summed E-state index contributed by atoms with van der Waals surface area (Å²) in [4.78, 5) is 34.2. The van der Waals surface area contributed by atoms with E-state index in [1.54, 1.807) is 45.4 Å². The van der Waals surface area contributed by atoms with E-state index in [0.29, 0.717) is 22.8 Å². The van der Waals surface area contributed by atoms with Crippen molar-refractivity contribution in [3.63, 3.8) is 0 Å². The molecule has 1 fully saturated rings. The van der Waals surface area contributed by atoms with Crippen LogP contribution in [0.2, 0.25) is 0 Å². The van der Waals surface area contributed by atoms with Gasteiger partial charge in [-0.3, -0.25) is 9.59 Å². The molecule has 2 atom stereocenters. The standard InChI is InChI=1S/C21H29N7O2/c1-12-14(21(30)28(2)3)8-9-18(25-12)27-17-10-13(11-24-19(17)20(23)29)26-16-7-5-4-6-15(16)22/h8-11,15-16,26H,4-7,22H2,1-3H3,(H2,23,29)(H,25,27). The molecule has 1 aliphatic carbocycles. The Morgan fingerprint density at radius 3 is 2.57 bits per heavy atom. The maximum absolute atomic E-state index is 12.2. The number of rotatable bonds is 6. The van der Waals surface area contributed by atoms with Crippen molar-refractivity contribution in [2.75, 3.05) is 24.7 Å². The van der Waals surface area contributed by atoms with Gasteiger partial charge in [0, 0.05) is 26.2 Å². The van der Waals surface area contributed by atoms with Gasteiger partial charge in [-0.25, -0.2) is 9.97 Å². The second-order valence-electron chi connectivity index (χ2n) is 7.84. The Morgan fingerprint density at radius 1 is 1.20 bits per heavy atom. The molecule has 3 rings (SSSR count). The van der Waals surface area contributed by atoms with E-state index in [-0.39, 0.29) is 23.7 Å². The molecule has 0 aliphatic heterocycles. The molecule has 1 saturated carbocycles. The van der Waals surface area contributed by atoms with Gasteiger partial charge in [-0.1, -0.05) is 12.8 Å². The van der Waals surface area contributed by atoms with Crippen molar-refractivity contribution in [2.45, 2.75) is 44.7 Å². The molecule has 0 saturated heterocycles. The SMILES string of the molecule is Cc1nc(Nc2cc(NC3CCCCC3N)cnc2C(N)=O)ccc1C(=O)N(C)C. The largest absolute Gasteiger partial charge is 0.379 e. The van der Waals surface area contributed by atoms with Gasteiger partial charge in [0.05, 0.1) is 28.8 Å². The van der Waals surface area contributed by atoms with E-state index in [9.17, 15) is 9.59 Å². The molecule has 0 radical (unpaired) electrons. The van der Waals surface area contributed by atoms with Gasteiger partial charge >= 0.3 is 0 Å². The third-order valence-electron chi connectivity index (χ3n) is 5.28. The van der Waals surface area contributed by atoms with Crippen LogP contribution in [0.5, 0.6) is 0 Å². The second kappa shape index (κ2) is 9.08. The zero-order valence-electron chi connectivity index (χ0n) is 17.6. The number of nitrogens with one attached hydrogen (secondary N) is 2. The fourth-order valence-corrected chi connectivity index (χ4v) is 3.62. The molecule has 2 heterocycles. The number of primary amides is 1. The van der Waals surface area contributed by atoms with E-state index >= 15 is 0 Å². The minimum absolute atomic E-state index is 0.0806. The fraction of sp³-hybridized carbons (Fsp3) is 0.429. The first-order chi connectivity index (χ1) is 14.3. The van der Waals surface area contributed by atoms with Crippen LogP contribution in [0.1, 0.15) is 52.2 Å². The molecule has 9 heteroatoms. The Kier molecular flexibility index (Phi) is 6.51. The van der Waals surface area contributed by atoms with Crippen LogP contribution >= 0.6 is 0 Å². The van der Waals surface area contributed by atoms with Gasteiger partial charge in [0.2, 0.25) is 0 Å². The smallest absolute Gasteiger partial charge is 0.269 e. The highest BCUT2D eigenvalue weighted by Gasteiger charge is 2.22. The number of pyridine rings is 2. The number of amides is 2. The van der Waals surface area contributed by atoms with Crippen molar-refractivity contribution < 1.29 is 9.59 Å². The number of aryl methyl sites for hydroxylation is 1. The Balaban J connectivity index is 1.85. The van der Waals surface area contributed by atoms with Gasteiger partial charge in [0.25, 0.3) is 11.8 Å². The fourth-order valence-electron chi connectivity index (χ4n) is 3.62. The number of carbonyl (C=O) groups excluding carboxylic acids is 2. The van der Waals surface area contributed by atoms with Crippen LogP contribution in [0.3, 0.4) is 0 Å². The van der Waals surface area contributed by atoms with E-state index in [2.05, 4.69) is 20.6 Å². The third-order valence-corrected chi connectivity index (χ3v) is 5.28.